The summed E-state index contributed by atoms with van der Waals surface area (Å²) in [5.74, 6) is 0.857. The minimum Gasteiger partial charge on any atom is -0.467 e. The number of thiophene rings is 1. The Balaban J connectivity index is 1.96. The molecule has 0 saturated carbocycles. The molecule has 2 N–H and O–H groups in total. The number of hydrogen-bond acceptors (Lipinski definition) is 5. The number of hydrogen-bond donors (Lipinski definition) is 1. The summed E-state index contributed by atoms with van der Waals surface area (Å²) in [6.45, 7) is 2.59. The van der Waals surface area contributed by atoms with E-state index in [1.54, 1.807) is 17.6 Å². The minimum atomic E-state index is -0.434. The second-order valence-electron chi connectivity index (χ2n) is 5.03. The van der Waals surface area contributed by atoms with Crippen LogP contribution in [0, 0.1) is 0 Å². The van der Waals surface area contributed by atoms with Crippen LogP contribution in [0.2, 0.25) is 0 Å². The van der Waals surface area contributed by atoms with Crippen molar-refractivity contribution in [2.24, 2.45) is 10.7 Å². The Morgan fingerprint density at radius 3 is 3.10 bits per heavy atom. The summed E-state index contributed by atoms with van der Waals surface area (Å²) in [7, 11) is 0. The van der Waals surface area contributed by atoms with Gasteiger partial charge in [0.1, 0.15) is 5.76 Å². The second-order valence-corrected chi connectivity index (χ2v) is 7.35. The smallest absolute Gasteiger partial charge is 0.198 e. The Morgan fingerprint density at radius 1 is 1.62 bits per heavy atom. The zero-order valence-corrected chi connectivity index (χ0v) is 14.6. The molecule has 1 aliphatic rings. The molecule has 21 heavy (non-hydrogen) atoms. The van der Waals surface area contributed by atoms with E-state index >= 15 is 0 Å². The molecule has 0 amide bonds. The average Bonchev–Trinajstić information content (AvgIpc) is 3.02. The molecule has 0 saturated heterocycles. The number of aliphatic imine (C=N–C) groups is 1. The zero-order valence-electron chi connectivity index (χ0n) is 11.4. The molecule has 0 radical (unpaired) electrons. The van der Waals surface area contributed by atoms with Gasteiger partial charge in [0, 0.05) is 17.1 Å². The van der Waals surface area contributed by atoms with E-state index in [2.05, 4.69) is 20.9 Å². The van der Waals surface area contributed by atoms with Gasteiger partial charge in [-0.05, 0) is 41.4 Å². The Bertz CT molecular complexity index is 653. The predicted octanol–water partition coefficient (Wildman–Crippen LogP) is 3.95. The fourth-order valence-electron chi connectivity index (χ4n) is 2.29. The van der Waals surface area contributed by atoms with E-state index in [4.69, 9.17) is 21.8 Å². The summed E-state index contributed by atoms with van der Waals surface area (Å²) in [5, 5.41) is 0. The lowest BCUT2D eigenvalue weighted by Crippen LogP contribution is -2.32. The van der Waals surface area contributed by atoms with Gasteiger partial charge in [-0.15, -0.1) is 11.3 Å². The summed E-state index contributed by atoms with van der Waals surface area (Å²) in [4.78, 5) is 8.70. The Hall–Kier alpha value is -0.820. The fourth-order valence-corrected chi connectivity index (χ4v) is 4.71. The third-order valence-electron chi connectivity index (χ3n) is 3.19. The molecule has 3 rings (SSSR count). The normalized spacial score (nSPS) is 18.9. The number of fused-ring (bicyclic) bond motifs is 1. The number of rotatable bonds is 4. The topological polar surface area (TPSA) is 54.8 Å². The van der Waals surface area contributed by atoms with E-state index in [9.17, 15) is 0 Å². The highest BCUT2D eigenvalue weighted by Crippen LogP contribution is 2.43. The van der Waals surface area contributed by atoms with E-state index in [0.717, 1.165) is 27.2 Å². The van der Waals surface area contributed by atoms with Crippen molar-refractivity contribution in [1.82, 2.24) is 0 Å². The van der Waals surface area contributed by atoms with Crippen LogP contribution in [0.3, 0.4) is 0 Å². The van der Waals surface area contributed by atoms with Crippen molar-refractivity contribution in [2.75, 3.05) is 4.90 Å². The van der Waals surface area contributed by atoms with E-state index in [1.807, 2.05) is 30.2 Å². The van der Waals surface area contributed by atoms with Crippen LogP contribution in [0.5, 0.6) is 0 Å². The van der Waals surface area contributed by atoms with E-state index < -0.39 is 5.62 Å². The number of furan rings is 1. The molecule has 0 fully saturated rings. The zero-order chi connectivity index (χ0) is 15.0. The molecule has 1 unspecified atom stereocenters. The maximum absolute atomic E-state index is 6.36. The van der Waals surface area contributed by atoms with Gasteiger partial charge in [0.2, 0.25) is 0 Å². The molecular weight excluding hydrogens is 374 g/mol. The highest BCUT2D eigenvalue weighted by molar-refractivity contribution is 9.10. The number of nitrogens with two attached hydrogens (primary N) is 1. The van der Waals surface area contributed by atoms with Gasteiger partial charge in [-0.2, -0.15) is 0 Å². The van der Waals surface area contributed by atoms with Crippen LogP contribution in [0.25, 0.3) is 0 Å². The van der Waals surface area contributed by atoms with Gasteiger partial charge < -0.3 is 15.1 Å². The summed E-state index contributed by atoms with van der Waals surface area (Å²) in [5.41, 5.74) is 6.56. The van der Waals surface area contributed by atoms with Gasteiger partial charge in [-0.1, -0.05) is 11.6 Å². The first-order valence-electron chi connectivity index (χ1n) is 6.59. The van der Waals surface area contributed by atoms with Crippen molar-refractivity contribution in [2.45, 2.75) is 31.6 Å². The van der Waals surface area contributed by atoms with Gasteiger partial charge in [-0.3, -0.25) is 4.99 Å². The van der Waals surface area contributed by atoms with Crippen molar-refractivity contribution in [3.63, 3.8) is 0 Å². The molecule has 2 aromatic rings. The van der Waals surface area contributed by atoms with Crippen molar-refractivity contribution in [3.05, 3.63) is 38.4 Å². The van der Waals surface area contributed by atoms with Crippen LogP contribution in [0.4, 0.5) is 5.69 Å². The van der Waals surface area contributed by atoms with Crippen molar-refractivity contribution < 1.29 is 4.42 Å². The van der Waals surface area contributed by atoms with E-state index in [1.165, 1.54) is 4.88 Å². The quantitative estimate of drug-likeness (QED) is 0.637. The van der Waals surface area contributed by atoms with Crippen LogP contribution >= 0.6 is 38.9 Å². The molecule has 3 heterocycles. The SMILES string of the molecule is C[C@H](N)Cc1sc2c(c1Br)N(Cc1ccco1)C(Cl)N=C2. The number of halogens is 2. The van der Waals surface area contributed by atoms with Crippen LogP contribution in [0.1, 0.15) is 22.4 Å². The molecule has 0 spiro atoms. The lowest BCUT2D eigenvalue weighted by atomic mass is 10.2. The summed E-state index contributed by atoms with van der Waals surface area (Å²) < 4.78 is 6.49. The van der Waals surface area contributed by atoms with Crippen LogP contribution < -0.4 is 10.6 Å². The van der Waals surface area contributed by atoms with Crippen molar-refractivity contribution >= 4 is 50.8 Å². The lowest BCUT2D eigenvalue weighted by molar-refractivity contribution is 0.499. The average molecular weight is 389 g/mol. The summed E-state index contributed by atoms with van der Waals surface area (Å²) >= 11 is 11.8. The van der Waals surface area contributed by atoms with Crippen LogP contribution in [0.15, 0.2) is 32.3 Å². The second kappa shape index (κ2) is 6.12. The number of alkyl halides is 1. The maximum atomic E-state index is 6.36. The highest BCUT2D eigenvalue weighted by Gasteiger charge is 2.28. The van der Waals surface area contributed by atoms with E-state index in [-0.39, 0.29) is 6.04 Å². The number of anilines is 1. The fraction of sp³-hybridized carbons (Fsp3) is 0.357. The molecule has 0 aromatic carbocycles. The minimum absolute atomic E-state index is 0.115. The number of nitrogens with zero attached hydrogens (tertiary/aromatic N) is 2. The molecule has 0 bridgehead atoms. The predicted molar refractivity (Wildman–Crippen MR) is 91.5 cm³/mol. The third kappa shape index (κ3) is 3.04. The van der Waals surface area contributed by atoms with Crippen molar-refractivity contribution in [3.8, 4) is 0 Å². The van der Waals surface area contributed by atoms with E-state index in [0.29, 0.717) is 6.54 Å². The monoisotopic (exact) mass is 387 g/mol. The first-order valence-corrected chi connectivity index (χ1v) is 8.64. The van der Waals surface area contributed by atoms with Gasteiger partial charge >= 0.3 is 0 Å². The molecule has 2 atom stereocenters. The molecule has 112 valence electrons. The molecule has 0 aliphatic carbocycles. The standard InChI is InChI=1S/C14H15BrClN3OS/c1-8(17)5-10-12(15)13-11(21-10)6-18-14(16)19(13)7-9-3-2-4-20-9/h2-4,6,8,14H,5,7,17H2,1H3/t8-,14?/m0/s1. The maximum Gasteiger partial charge on any atom is 0.198 e. The van der Waals surface area contributed by atoms with Gasteiger partial charge in [-0.25, -0.2) is 0 Å². The van der Waals surface area contributed by atoms with Gasteiger partial charge in [0.25, 0.3) is 0 Å². The van der Waals surface area contributed by atoms with Crippen molar-refractivity contribution in [1.29, 1.82) is 0 Å². The lowest BCUT2D eigenvalue weighted by Gasteiger charge is -2.29. The highest BCUT2D eigenvalue weighted by atomic mass is 79.9. The molecule has 2 aromatic heterocycles. The van der Waals surface area contributed by atoms with Gasteiger partial charge in [0.15, 0.2) is 5.62 Å². The summed E-state index contributed by atoms with van der Waals surface area (Å²) in [6, 6.07) is 3.92. The Labute approximate surface area is 140 Å². The third-order valence-corrected chi connectivity index (χ3v) is 5.79. The Morgan fingerprint density at radius 2 is 2.43 bits per heavy atom. The summed E-state index contributed by atoms with van der Waals surface area (Å²) in [6.07, 6.45) is 4.33. The first-order chi connectivity index (χ1) is 10.1. The molecule has 1 aliphatic heterocycles. The molecular formula is C14H15BrClN3OS. The molecule has 7 heteroatoms. The largest absolute Gasteiger partial charge is 0.467 e. The van der Waals surface area contributed by atoms with Crippen LogP contribution in [-0.4, -0.2) is 17.9 Å². The Kier molecular flexibility index (Phi) is 4.40. The van der Waals surface area contributed by atoms with Crippen LogP contribution in [-0.2, 0) is 13.0 Å². The first kappa shape index (κ1) is 15.1. The molecule has 4 nitrogen and oxygen atoms in total. The van der Waals surface area contributed by atoms with Gasteiger partial charge in [0.05, 0.1) is 27.8 Å².